The van der Waals surface area contributed by atoms with Crippen molar-refractivity contribution in [2.24, 2.45) is 0 Å². The van der Waals surface area contributed by atoms with Crippen molar-refractivity contribution in [2.45, 2.75) is 12.8 Å². The summed E-state index contributed by atoms with van der Waals surface area (Å²) in [6, 6.07) is 8.62. The van der Waals surface area contributed by atoms with E-state index < -0.39 is 11.7 Å². The summed E-state index contributed by atoms with van der Waals surface area (Å²) < 4.78 is 19.2. The topological polar surface area (TPSA) is 79.5 Å². The largest absolute Gasteiger partial charge is 0.495 e. The first-order valence-electron chi connectivity index (χ1n) is 8.33. The maximum absolute atomic E-state index is 13.9. The lowest BCUT2D eigenvalue weighted by molar-refractivity contribution is -0.116. The van der Waals surface area contributed by atoms with Crippen LogP contribution in [0.15, 0.2) is 36.4 Å². The van der Waals surface area contributed by atoms with Gasteiger partial charge in [-0.2, -0.15) is 0 Å². The molecule has 0 fully saturated rings. The minimum absolute atomic E-state index is 0. The number of halogens is 3. The average Bonchev–Trinajstić information content (AvgIpc) is 2.62. The molecule has 0 saturated carbocycles. The lowest BCUT2D eigenvalue weighted by Crippen LogP contribution is -2.16. The van der Waals surface area contributed by atoms with E-state index in [0.29, 0.717) is 30.0 Å². The minimum atomic E-state index is -0.729. The molecule has 2 amide bonds. The summed E-state index contributed by atoms with van der Waals surface area (Å²) in [6.07, 6.45) is 1.07. The fourth-order valence-corrected chi connectivity index (χ4v) is 2.55. The Morgan fingerprint density at radius 2 is 1.89 bits per heavy atom. The van der Waals surface area contributed by atoms with Crippen LogP contribution in [0.1, 0.15) is 23.2 Å². The third-order valence-electron chi connectivity index (χ3n) is 3.74. The van der Waals surface area contributed by atoms with Gasteiger partial charge in [0.25, 0.3) is 5.91 Å². The van der Waals surface area contributed by atoms with E-state index in [1.807, 2.05) is 7.05 Å². The molecule has 0 unspecified atom stereocenters. The molecule has 3 N–H and O–H groups in total. The van der Waals surface area contributed by atoms with Gasteiger partial charge in [0.05, 0.1) is 18.4 Å². The number of ether oxygens (including phenoxy) is 1. The second-order valence-corrected chi connectivity index (χ2v) is 6.19. The molecule has 2 aromatic rings. The van der Waals surface area contributed by atoms with Gasteiger partial charge in [0.1, 0.15) is 11.6 Å². The highest BCUT2D eigenvalue weighted by molar-refractivity contribution is 6.30. The zero-order chi connectivity index (χ0) is 19.8. The van der Waals surface area contributed by atoms with Gasteiger partial charge in [-0.1, -0.05) is 11.6 Å². The van der Waals surface area contributed by atoms with E-state index in [-0.39, 0.29) is 28.9 Å². The third kappa shape index (κ3) is 6.67. The van der Waals surface area contributed by atoms with E-state index in [2.05, 4.69) is 16.0 Å². The SMILES string of the molecule is CNCCCC(=O)Nc1ccc(OC)c(NC(=O)c2ccc(Cl)cc2F)c1.Cl. The number of benzene rings is 2. The van der Waals surface area contributed by atoms with Gasteiger partial charge >= 0.3 is 0 Å². The lowest BCUT2D eigenvalue weighted by atomic mass is 10.2. The molecule has 0 aliphatic heterocycles. The molecular weight excluding hydrogens is 408 g/mol. The molecule has 0 aliphatic rings. The summed E-state index contributed by atoms with van der Waals surface area (Å²) in [7, 11) is 3.27. The number of hydrogen-bond donors (Lipinski definition) is 3. The third-order valence-corrected chi connectivity index (χ3v) is 3.97. The average molecular weight is 430 g/mol. The maximum atomic E-state index is 13.9. The van der Waals surface area contributed by atoms with Crippen LogP contribution in [0, 0.1) is 5.82 Å². The summed E-state index contributed by atoms with van der Waals surface area (Å²) in [5, 5.41) is 8.53. The quantitative estimate of drug-likeness (QED) is 0.551. The number of carbonyl (C=O) groups excluding carboxylic acids is 2. The number of amides is 2. The smallest absolute Gasteiger partial charge is 0.258 e. The Labute approximate surface area is 174 Å². The summed E-state index contributed by atoms with van der Waals surface area (Å²) in [5.41, 5.74) is 0.657. The van der Waals surface area contributed by atoms with Crippen molar-refractivity contribution in [3.05, 3.63) is 52.8 Å². The van der Waals surface area contributed by atoms with Crippen molar-refractivity contribution in [3.63, 3.8) is 0 Å². The van der Waals surface area contributed by atoms with Crippen molar-refractivity contribution in [3.8, 4) is 5.75 Å². The van der Waals surface area contributed by atoms with Crippen molar-refractivity contribution < 1.29 is 18.7 Å². The molecule has 0 radical (unpaired) electrons. The molecule has 0 spiro atoms. The molecule has 2 rings (SSSR count). The van der Waals surface area contributed by atoms with Crippen LogP contribution in [0.4, 0.5) is 15.8 Å². The van der Waals surface area contributed by atoms with E-state index in [1.54, 1.807) is 18.2 Å². The number of nitrogens with one attached hydrogen (secondary N) is 3. The van der Waals surface area contributed by atoms with Crippen LogP contribution in [0.3, 0.4) is 0 Å². The minimum Gasteiger partial charge on any atom is -0.495 e. The van der Waals surface area contributed by atoms with Crippen LogP contribution in [-0.4, -0.2) is 32.5 Å². The van der Waals surface area contributed by atoms with Gasteiger partial charge in [0.2, 0.25) is 5.91 Å². The monoisotopic (exact) mass is 429 g/mol. The lowest BCUT2D eigenvalue weighted by Gasteiger charge is -2.13. The summed E-state index contributed by atoms with van der Waals surface area (Å²) in [5.74, 6) is -1.14. The van der Waals surface area contributed by atoms with E-state index >= 15 is 0 Å². The van der Waals surface area contributed by atoms with E-state index in [1.165, 1.54) is 19.2 Å². The van der Waals surface area contributed by atoms with Crippen LogP contribution in [0.5, 0.6) is 5.75 Å². The first kappa shape index (κ1) is 23.7. The fourth-order valence-electron chi connectivity index (χ4n) is 2.40. The zero-order valence-electron chi connectivity index (χ0n) is 15.5. The molecule has 152 valence electrons. The van der Waals surface area contributed by atoms with Crippen LogP contribution >= 0.6 is 24.0 Å². The van der Waals surface area contributed by atoms with E-state index in [4.69, 9.17) is 16.3 Å². The predicted molar refractivity (Wildman–Crippen MR) is 111 cm³/mol. The van der Waals surface area contributed by atoms with Gasteiger partial charge in [0.15, 0.2) is 0 Å². The molecule has 0 aliphatic carbocycles. The van der Waals surface area contributed by atoms with Crippen molar-refractivity contribution in [1.29, 1.82) is 0 Å². The molecule has 0 heterocycles. The second kappa shape index (κ2) is 11.5. The number of anilines is 2. The molecule has 0 saturated heterocycles. The second-order valence-electron chi connectivity index (χ2n) is 5.75. The van der Waals surface area contributed by atoms with Crippen LogP contribution in [0.2, 0.25) is 5.02 Å². The molecule has 0 aromatic heterocycles. The Morgan fingerprint density at radius 1 is 1.14 bits per heavy atom. The van der Waals surface area contributed by atoms with Gasteiger partial charge < -0.3 is 20.7 Å². The number of hydrogen-bond acceptors (Lipinski definition) is 4. The highest BCUT2D eigenvalue weighted by Crippen LogP contribution is 2.29. The standard InChI is InChI=1S/C19H21ClFN3O3.ClH/c1-22-9-3-4-18(25)23-13-6-8-17(27-2)16(11-13)24-19(26)14-7-5-12(20)10-15(14)21;/h5-8,10-11,22H,3-4,9H2,1-2H3,(H,23,25)(H,24,26);1H. The first-order chi connectivity index (χ1) is 12.9. The highest BCUT2D eigenvalue weighted by Gasteiger charge is 2.15. The van der Waals surface area contributed by atoms with Crippen LogP contribution in [-0.2, 0) is 4.79 Å². The van der Waals surface area contributed by atoms with Gasteiger partial charge in [-0.15, -0.1) is 12.4 Å². The van der Waals surface area contributed by atoms with Crippen molar-refractivity contribution >= 4 is 47.2 Å². The van der Waals surface area contributed by atoms with Crippen LogP contribution < -0.4 is 20.7 Å². The van der Waals surface area contributed by atoms with Crippen molar-refractivity contribution in [2.75, 3.05) is 31.3 Å². The molecule has 28 heavy (non-hydrogen) atoms. The first-order valence-corrected chi connectivity index (χ1v) is 8.71. The Bertz CT molecular complexity index is 834. The molecule has 0 atom stereocenters. The van der Waals surface area contributed by atoms with Gasteiger partial charge in [-0.05, 0) is 56.4 Å². The highest BCUT2D eigenvalue weighted by atomic mass is 35.5. The Hall–Kier alpha value is -2.35. The van der Waals surface area contributed by atoms with E-state index in [0.717, 1.165) is 12.6 Å². The number of carbonyl (C=O) groups is 2. The van der Waals surface area contributed by atoms with Gasteiger partial charge in [-0.25, -0.2) is 4.39 Å². The Morgan fingerprint density at radius 3 is 2.54 bits per heavy atom. The fraction of sp³-hybridized carbons (Fsp3) is 0.263. The zero-order valence-corrected chi connectivity index (χ0v) is 17.0. The van der Waals surface area contributed by atoms with Gasteiger partial charge in [0, 0.05) is 17.1 Å². The predicted octanol–water partition coefficient (Wildman–Crippen LogP) is 4.10. The maximum Gasteiger partial charge on any atom is 0.258 e. The molecule has 6 nitrogen and oxygen atoms in total. The summed E-state index contributed by atoms with van der Waals surface area (Å²) in [4.78, 5) is 24.3. The molecule has 0 bridgehead atoms. The van der Waals surface area contributed by atoms with Crippen LogP contribution in [0.25, 0.3) is 0 Å². The molecule has 2 aromatic carbocycles. The number of rotatable bonds is 8. The van der Waals surface area contributed by atoms with Crippen molar-refractivity contribution in [1.82, 2.24) is 5.32 Å². The molecular formula is C19H22Cl2FN3O3. The molecule has 9 heteroatoms. The van der Waals surface area contributed by atoms with Gasteiger partial charge in [-0.3, -0.25) is 9.59 Å². The summed E-state index contributed by atoms with van der Waals surface area (Å²) >= 11 is 5.71. The summed E-state index contributed by atoms with van der Waals surface area (Å²) in [6.45, 7) is 0.740. The normalized spacial score (nSPS) is 10.0. The van der Waals surface area contributed by atoms with E-state index in [9.17, 15) is 14.0 Å². The number of methoxy groups -OCH3 is 1. The Balaban J connectivity index is 0.00000392. The Kier molecular flexibility index (Phi) is 9.72.